The number of hydrogen-bond donors (Lipinski definition) is 0. The second kappa shape index (κ2) is 7.51. The topological polar surface area (TPSA) is 21.7 Å². The zero-order valence-corrected chi connectivity index (χ0v) is 14.0. The van der Waals surface area contributed by atoms with Crippen molar-refractivity contribution in [3.63, 3.8) is 0 Å². The summed E-state index contributed by atoms with van der Waals surface area (Å²) in [4.78, 5) is 2.19. The summed E-state index contributed by atoms with van der Waals surface area (Å²) in [5, 5.41) is 0. The molecule has 1 aliphatic rings. The third kappa shape index (κ3) is 4.26. The third-order valence-electron chi connectivity index (χ3n) is 4.17. The molecule has 0 amide bonds. The normalized spacial score (nSPS) is 14.9. The molecule has 0 spiro atoms. The smallest absolute Gasteiger partial charge is 0.125 e. The van der Waals surface area contributed by atoms with E-state index in [9.17, 15) is 0 Å². The number of fused-ring (bicyclic) bond motifs is 1. The van der Waals surface area contributed by atoms with Crippen LogP contribution in [0.15, 0.2) is 48.5 Å². The van der Waals surface area contributed by atoms with Gasteiger partial charge < -0.3 is 14.4 Å². The predicted molar refractivity (Wildman–Crippen MR) is 93.2 cm³/mol. The molecule has 0 bridgehead atoms. The van der Waals surface area contributed by atoms with E-state index in [-0.39, 0.29) is 6.10 Å². The van der Waals surface area contributed by atoms with Crippen LogP contribution in [0.3, 0.4) is 0 Å². The standard InChI is InChI=1S/C20H25NO2/c1-21(2)13-12-20(16-7-4-3-5-8-16)23-18-10-11-19-17(15-18)9-6-14-22-19/h3-5,7-8,10-11,15,20H,6,9,12-14H2,1-2H3. The number of hydrogen-bond acceptors (Lipinski definition) is 3. The minimum Gasteiger partial charge on any atom is -0.493 e. The Kier molecular flexibility index (Phi) is 5.19. The fourth-order valence-corrected chi connectivity index (χ4v) is 2.91. The fraction of sp³-hybridized carbons (Fsp3) is 0.400. The van der Waals surface area contributed by atoms with Gasteiger partial charge in [0.2, 0.25) is 0 Å². The minimum absolute atomic E-state index is 0.0705. The van der Waals surface area contributed by atoms with E-state index in [4.69, 9.17) is 9.47 Å². The van der Waals surface area contributed by atoms with Crippen LogP contribution >= 0.6 is 0 Å². The molecule has 1 aliphatic heterocycles. The zero-order valence-electron chi connectivity index (χ0n) is 14.0. The van der Waals surface area contributed by atoms with Gasteiger partial charge in [-0.2, -0.15) is 0 Å². The van der Waals surface area contributed by atoms with Crippen LogP contribution in [-0.2, 0) is 6.42 Å². The molecule has 0 radical (unpaired) electrons. The van der Waals surface area contributed by atoms with E-state index in [2.05, 4.69) is 49.3 Å². The number of rotatable bonds is 6. The quantitative estimate of drug-likeness (QED) is 0.802. The lowest BCUT2D eigenvalue weighted by Crippen LogP contribution is -2.19. The van der Waals surface area contributed by atoms with Crippen molar-refractivity contribution in [1.82, 2.24) is 4.90 Å². The summed E-state index contributed by atoms with van der Waals surface area (Å²) in [7, 11) is 4.19. The molecular formula is C20H25NO2. The van der Waals surface area contributed by atoms with Crippen LogP contribution in [0.1, 0.15) is 30.1 Å². The predicted octanol–water partition coefficient (Wildman–Crippen LogP) is 4.08. The lowest BCUT2D eigenvalue weighted by molar-refractivity contribution is 0.179. The maximum atomic E-state index is 6.33. The van der Waals surface area contributed by atoms with Gasteiger partial charge in [0.1, 0.15) is 17.6 Å². The summed E-state index contributed by atoms with van der Waals surface area (Å²) in [6, 6.07) is 16.7. The molecule has 0 fully saturated rings. The monoisotopic (exact) mass is 311 g/mol. The van der Waals surface area contributed by atoms with Gasteiger partial charge in [0, 0.05) is 13.0 Å². The summed E-state index contributed by atoms with van der Waals surface area (Å²) >= 11 is 0. The number of nitrogens with zero attached hydrogens (tertiary/aromatic N) is 1. The van der Waals surface area contributed by atoms with Gasteiger partial charge in [0.15, 0.2) is 0 Å². The summed E-state index contributed by atoms with van der Waals surface area (Å²) in [5.74, 6) is 1.94. The van der Waals surface area contributed by atoms with Crippen molar-refractivity contribution in [1.29, 1.82) is 0 Å². The SMILES string of the molecule is CN(C)CCC(Oc1ccc2c(c1)CCCO2)c1ccccc1. The Bertz CT molecular complexity index is 625. The Morgan fingerprint density at radius 1 is 1.13 bits per heavy atom. The highest BCUT2D eigenvalue weighted by molar-refractivity contribution is 5.41. The van der Waals surface area contributed by atoms with Crippen LogP contribution in [0, 0.1) is 0 Å². The molecule has 3 rings (SSSR count). The van der Waals surface area contributed by atoms with Crippen molar-refractivity contribution in [3.05, 3.63) is 59.7 Å². The largest absolute Gasteiger partial charge is 0.493 e. The lowest BCUT2D eigenvalue weighted by Gasteiger charge is -2.23. The highest BCUT2D eigenvalue weighted by Crippen LogP contribution is 2.31. The first-order valence-corrected chi connectivity index (χ1v) is 8.34. The Hall–Kier alpha value is -2.00. The summed E-state index contributed by atoms with van der Waals surface area (Å²) in [6.07, 6.45) is 3.19. The van der Waals surface area contributed by atoms with E-state index in [0.717, 1.165) is 43.9 Å². The van der Waals surface area contributed by atoms with Gasteiger partial charge in [0.05, 0.1) is 6.61 Å². The van der Waals surface area contributed by atoms with Crippen LogP contribution in [-0.4, -0.2) is 32.1 Å². The number of benzene rings is 2. The Labute approximate surface area is 138 Å². The third-order valence-corrected chi connectivity index (χ3v) is 4.17. The molecule has 0 N–H and O–H groups in total. The molecule has 1 unspecified atom stereocenters. The molecule has 0 aromatic heterocycles. The van der Waals surface area contributed by atoms with E-state index >= 15 is 0 Å². The average Bonchev–Trinajstić information content (AvgIpc) is 2.59. The molecule has 0 aliphatic carbocycles. The van der Waals surface area contributed by atoms with Gasteiger partial charge in [-0.3, -0.25) is 0 Å². The van der Waals surface area contributed by atoms with Crippen molar-refractivity contribution in [2.45, 2.75) is 25.4 Å². The van der Waals surface area contributed by atoms with Crippen molar-refractivity contribution in [3.8, 4) is 11.5 Å². The first-order valence-electron chi connectivity index (χ1n) is 8.34. The van der Waals surface area contributed by atoms with Crippen molar-refractivity contribution in [2.24, 2.45) is 0 Å². The molecule has 0 saturated carbocycles. The Balaban J connectivity index is 1.77. The van der Waals surface area contributed by atoms with Crippen molar-refractivity contribution < 1.29 is 9.47 Å². The molecule has 122 valence electrons. The molecule has 1 atom stereocenters. The number of aryl methyl sites for hydroxylation is 1. The van der Waals surface area contributed by atoms with Gasteiger partial charge in [0.25, 0.3) is 0 Å². The van der Waals surface area contributed by atoms with Crippen LogP contribution in [0.4, 0.5) is 0 Å². The molecule has 2 aromatic rings. The Morgan fingerprint density at radius 3 is 2.74 bits per heavy atom. The first-order chi connectivity index (χ1) is 11.2. The molecule has 23 heavy (non-hydrogen) atoms. The highest BCUT2D eigenvalue weighted by atomic mass is 16.5. The second-order valence-electron chi connectivity index (χ2n) is 6.33. The summed E-state index contributed by atoms with van der Waals surface area (Å²) in [5.41, 5.74) is 2.48. The maximum absolute atomic E-state index is 6.33. The lowest BCUT2D eigenvalue weighted by atomic mass is 10.0. The average molecular weight is 311 g/mol. The van der Waals surface area contributed by atoms with Crippen LogP contribution < -0.4 is 9.47 Å². The molecule has 0 saturated heterocycles. The van der Waals surface area contributed by atoms with Gasteiger partial charge >= 0.3 is 0 Å². The number of ether oxygens (including phenoxy) is 2. The van der Waals surface area contributed by atoms with Gasteiger partial charge in [-0.05, 0) is 56.3 Å². The second-order valence-corrected chi connectivity index (χ2v) is 6.33. The Morgan fingerprint density at radius 2 is 1.96 bits per heavy atom. The molecule has 3 nitrogen and oxygen atoms in total. The van der Waals surface area contributed by atoms with E-state index < -0.39 is 0 Å². The molecular weight excluding hydrogens is 286 g/mol. The van der Waals surface area contributed by atoms with Crippen LogP contribution in [0.25, 0.3) is 0 Å². The maximum Gasteiger partial charge on any atom is 0.125 e. The van der Waals surface area contributed by atoms with E-state index in [1.165, 1.54) is 11.1 Å². The molecule has 2 aromatic carbocycles. The van der Waals surface area contributed by atoms with Crippen molar-refractivity contribution in [2.75, 3.05) is 27.2 Å². The molecule has 3 heteroatoms. The van der Waals surface area contributed by atoms with Gasteiger partial charge in [-0.15, -0.1) is 0 Å². The minimum atomic E-state index is 0.0705. The molecule has 1 heterocycles. The highest BCUT2D eigenvalue weighted by Gasteiger charge is 2.16. The first kappa shape index (κ1) is 15.9. The van der Waals surface area contributed by atoms with Crippen LogP contribution in [0.2, 0.25) is 0 Å². The zero-order chi connectivity index (χ0) is 16.1. The van der Waals surface area contributed by atoms with E-state index in [1.807, 2.05) is 18.2 Å². The summed E-state index contributed by atoms with van der Waals surface area (Å²) < 4.78 is 12.0. The van der Waals surface area contributed by atoms with E-state index in [0.29, 0.717) is 0 Å². The van der Waals surface area contributed by atoms with Crippen LogP contribution in [0.5, 0.6) is 11.5 Å². The van der Waals surface area contributed by atoms with Crippen molar-refractivity contribution >= 4 is 0 Å². The van der Waals surface area contributed by atoms with Gasteiger partial charge in [-0.25, -0.2) is 0 Å². The van der Waals surface area contributed by atoms with Gasteiger partial charge in [-0.1, -0.05) is 30.3 Å². The summed E-state index contributed by atoms with van der Waals surface area (Å²) in [6.45, 7) is 1.82. The fourth-order valence-electron chi connectivity index (χ4n) is 2.91. The van der Waals surface area contributed by atoms with E-state index in [1.54, 1.807) is 0 Å².